The third-order valence-electron chi connectivity index (χ3n) is 2.60. The lowest BCUT2D eigenvalue weighted by Gasteiger charge is -2.20. The van der Waals surface area contributed by atoms with E-state index in [-0.39, 0.29) is 37.0 Å². The predicted molar refractivity (Wildman–Crippen MR) is 71.7 cm³/mol. The molecule has 0 aromatic heterocycles. The molecule has 0 aliphatic heterocycles. The first-order chi connectivity index (χ1) is 9.27. The largest absolute Gasteiger partial charge is 0.469 e. The fourth-order valence-electron chi connectivity index (χ4n) is 1.48. The maximum atomic E-state index is 11.8. The molecular formula is C13H22N2O5. The van der Waals surface area contributed by atoms with Crippen molar-refractivity contribution < 1.29 is 23.9 Å². The number of nitrogens with one attached hydrogen (secondary N) is 2. The van der Waals surface area contributed by atoms with Gasteiger partial charge >= 0.3 is 5.97 Å². The van der Waals surface area contributed by atoms with Gasteiger partial charge in [0.1, 0.15) is 6.04 Å². The molecule has 0 radical (unpaired) electrons. The van der Waals surface area contributed by atoms with Gasteiger partial charge in [-0.2, -0.15) is 0 Å². The summed E-state index contributed by atoms with van der Waals surface area (Å²) in [6.45, 7) is 4.74. The van der Waals surface area contributed by atoms with Crippen LogP contribution in [-0.2, 0) is 23.9 Å². The van der Waals surface area contributed by atoms with Gasteiger partial charge in [0.15, 0.2) is 5.78 Å². The molecule has 0 bridgehead atoms. The number of rotatable bonds is 8. The van der Waals surface area contributed by atoms with E-state index < -0.39 is 17.9 Å². The van der Waals surface area contributed by atoms with Gasteiger partial charge in [0.25, 0.3) is 0 Å². The van der Waals surface area contributed by atoms with E-state index in [4.69, 9.17) is 0 Å². The highest BCUT2D eigenvalue weighted by Crippen LogP contribution is 2.02. The molecule has 114 valence electrons. The lowest BCUT2D eigenvalue weighted by atomic mass is 10.0. The maximum absolute atomic E-state index is 11.8. The minimum atomic E-state index is -0.680. The van der Waals surface area contributed by atoms with Gasteiger partial charge in [0.2, 0.25) is 11.8 Å². The molecule has 0 unspecified atom stereocenters. The Hall–Kier alpha value is -1.92. The Balaban J connectivity index is 4.21. The number of hydrogen-bond acceptors (Lipinski definition) is 5. The number of carbonyl (C=O) groups is 4. The number of Topliss-reactive ketones (excluding diaryl/α,β-unsaturated/α-hetero) is 1. The highest BCUT2D eigenvalue weighted by atomic mass is 16.5. The molecule has 0 aliphatic carbocycles. The van der Waals surface area contributed by atoms with Crippen molar-refractivity contribution in [1.29, 1.82) is 0 Å². The molecule has 20 heavy (non-hydrogen) atoms. The van der Waals surface area contributed by atoms with Crippen LogP contribution >= 0.6 is 0 Å². The molecule has 0 heterocycles. The number of amides is 2. The molecule has 2 amide bonds. The Bertz CT molecular complexity index is 379. The average Bonchev–Trinajstić information content (AvgIpc) is 2.38. The molecule has 0 fully saturated rings. The molecule has 0 aromatic carbocycles. The van der Waals surface area contributed by atoms with Gasteiger partial charge < -0.3 is 15.4 Å². The van der Waals surface area contributed by atoms with E-state index in [9.17, 15) is 19.2 Å². The molecule has 7 heteroatoms. The normalized spacial score (nSPS) is 11.7. The second kappa shape index (κ2) is 9.06. The van der Waals surface area contributed by atoms with Crippen molar-refractivity contribution in [2.45, 2.75) is 39.7 Å². The quantitative estimate of drug-likeness (QED) is 0.601. The van der Waals surface area contributed by atoms with Crippen LogP contribution in [0.5, 0.6) is 0 Å². The van der Waals surface area contributed by atoms with E-state index in [0.717, 1.165) is 0 Å². The zero-order chi connectivity index (χ0) is 15.7. The maximum Gasteiger partial charge on any atom is 0.305 e. The lowest BCUT2D eigenvalue weighted by Crippen LogP contribution is -2.50. The summed E-state index contributed by atoms with van der Waals surface area (Å²) < 4.78 is 4.41. The van der Waals surface area contributed by atoms with Gasteiger partial charge in [-0.3, -0.25) is 19.2 Å². The SMILES string of the molecule is COC(=O)CCC(=O)CNC(=O)[C@H](NC(C)=O)C(C)C. The van der Waals surface area contributed by atoms with E-state index in [2.05, 4.69) is 15.4 Å². The average molecular weight is 286 g/mol. The molecule has 0 aliphatic rings. The number of esters is 1. The second-order valence-electron chi connectivity index (χ2n) is 4.75. The summed E-state index contributed by atoms with van der Waals surface area (Å²) in [7, 11) is 1.25. The summed E-state index contributed by atoms with van der Waals surface area (Å²) >= 11 is 0. The van der Waals surface area contributed by atoms with Crippen LogP contribution in [0.25, 0.3) is 0 Å². The molecular weight excluding hydrogens is 264 g/mol. The third kappa shape index (κ3) is 7.50. The van der Waals surface area contributed by atoms with E-state index in [1.54, 1.807) is 13.8 Å². The number of ketones is 1. The first-order valence-corrected chi connectivity index (χ1v) is 6.41. The van der Waals surface area contributed by atoms with Gasteiger partial charge in [-0.1, -0.05) is 13.8 Å². The van der Waals surface area contributed by atoms with Gasteiger partial charge in [0.05, 0.1) is 20.1 Å². The van der Waals surface area contributed by atoms with Crippen LogP contribution < -0.4 is 10.6 Å². The molecule has 1 atom stereocenters. The Morgan fingerprint density at radius 2 is 1.70 bits per heavy atom. The van der Waals surface area contributed by atoms with Crippen LogP contribution in [0, 0.1) is 5.92 Å². The predicted octanol–water partition coefficient (Wildman–Crippen LogP) is -0.214. The molecule has 0 spiro atoms. The highest BCUT2D eigenvalue weighted by molar-refractivity contribution is 5.91. The molecule has 0 saturated heterocycles. The fourth-order valence-corrected chi connectivity index (χ4v) is 1.48. The standard InChI is InChI=1S/C13H22N2O5/c1-8(2)12(15-9(3)16)13(19)14-7-10(17)5-6-11(18)20-4/h8,12H,5-7H2,1-4H3,(H,14,19)(H,15,16)/t12-/m1/s1. The minimum absolute atomic E-state index is 0.00942. The molecule has 2 N–H and O–H groups in total. The van der Waals surface area contributed by atoms with Crippen molar-refractivity contribution in [3.63, 3.8) is 0 Å². The molecule has 0 rings (SSSR count). The summed E-state index contributed by atoms with van der Waals surface area (Å²) in [4.78, 5) is 45.2. The lowest BCUT2D eigenvalue weighted by molar-refractivity contribution is -0.141. The summed E-state index contributed by atoms with van der Waals surface area (Å²) in [5.41, 5.74) is 0. The van der Waals surface area contributed by atoms with Crippen LogP contribution in [0.15, 0.2) is 0 Å². The van der Waals surface area contributed by atoms with Crippen molar-refractivity contribution in [3.05, 3.63) is 0 Å². The van der Waals surface area contributed by atoms with E-state index in [0.29, 0.717) is 0 Å². The van der Waals surface area contributed by atoms with Crippen molar-refractivity contribution in [2.75, 3.05) is 13.7 Å². The van der Waals surface area contributed by atoms with Crippen molar-refractivity contribution in [2.24, 2.45) is 5.92 Å². The Morgan fingerprint density at radius 1 is 1.10 bits per heavy atom. The minimum Gasteiger partial charge on any atom is -0.469 e. The Labute approximate surface area is 118 Å². The number of hydrogen-bond donors (Lipinski definition) is 2. The summed E-state index contributed by atoms with van der Waals surface area (Å²) in [6.07, 6.45) is 0.00391. The third-order valence-corrected chi connectivity index (χ3v) is 2.60. The van der Waals surface area contributed by atoms with Gasteiger partial charge in [-0.05, 0) is 5.92 Å². The van der Waals surface area contributed by atoms with Crippen LogP contribution in [0.4, 0.5) is 0 Å². The van der Waals surface area contributed by atoms with Crippen molar-refractivity contribution in [1.82, 2.24) is 10.6 Å². The molecule has 7 nitrogen and oxygen atoms in total. The summed E-state index contributed by atoms with van der Waals surface area (Å²) in [5.74, 6) is -1.56. The van der Waals surface area contributed by atoms with Gasteiger partial charge in [-0.15, -0.1) is 0 Å². The van der Waals surface area contributed by atoms with Gasteiger partial charge in [0, 0.05) is 13.3 Å². The first kappa shape index (κ1) is 18.1. The van der Waals surface area contributed by atoms with E-state index in [1.165, 1.54) is 14.0 Å². The number of ether oxygens (including phenoxy) is 1. The smallest absolute Gasteiger partial charge is 0.305 e. The number of carbonyl (C=O) groups excluding carboxylic acids is 4. The van der Waals surface area contributed by atoms with Crippen molar-refractivity contribution >= 4 is 23.6 Å². The van der Waals surface area contributed by atoms with E-state index in [1.807, 2.05) is 0 Å². The fraction of sp³-hybridized carbons (Fsp3) is 0.692. The van der Waals surface area contributed by atoms with Crippen LogP contribution in [0.1, 0.15) is 33.6 Å². The van der Waals surface area contributed by atoms with Crippen LogP contribution in [0.3, 0.4) is 0 Å². The highest BCUT2D eigenvalue weighted by Gasteiger charge is 2.23. The zero-order valence-electron chi connectivity index (χ0n) is 12.3. The summed E-state index contributed by atoms with van der Waals surface area (Å²) in [5, 5.41) is 4.98. The van der Waals surface area contributed by atoms with E-state index >= 15 is 0 Å². The molecule has 0 saturated carbocycles. The first-order valence-electron chi connectivity index (χ1n) is 6.41. The Kier molecular flexibility index (Phi) is 8.19. The zero-order valence-corrected chi connectivity index (χ0v) is 12.3. The Morgan fingerprint density at radius 3 is 2.15 bits per heavy atom. The van der Waals surface area contributed by atoms with Crippen LogP contribution in [0.2, 0.25) is 0 Å². The van der Waals surface area contributed by atoms with Crippen molar-refractivity contribution in [3.8, 4) is 0 Å². The molecule has 0 aromatic rings. The topological polar surface area (TPSA) is 102 Å². The summed E-state index contributed by atoms with van der Waals surface area (Å²) in [6, 6.07) is -0.680. The monoisotopic (exact) mass is 286 g/mol. The van der Waals surface area contributed by atoms with Gasteiger partial charge in [-0.25, -0.2) is 0 Å². The second-order valence-corrected chi connectivity index (χ2v) is 4.75. The number of methoxy groups -OCH3 is 1. The van der Waals surface area contributed by atoms with Crippen LogP contribution in [-0.4, -0.2) is 43.3 Å².